The number of aliphatic carboxylic acids is 1. The Morgan fingerprint density at radius 3 is 2.81 bits per heavy atom. The Labute approximate surface area is 103 Å². The third kappa shape index (κ3) is 2.43. The van der Waals surface area contributed by atoms with Crippen molar-refractivity contribution < 1.29 is 9.90 Å². The van der Waals surface area contributed by atoms with E-state index < -0.39 is 12.0 Å². The molecule has 4 N–H and O–H groups in total. The number of nitrogens with one attached hydrogen (secondary N) is 1. The number of carboxylic acids is 1. The summed E-state index contributed by atoms with van der Waals surface area (Å²) in [4.78, 5) is 13.7. The number of aromatic amines is 1. The molecule has 0 radical (unpaired) electrons. The minimum absolute atomic E-state index is 0. The molecule has 0 aliphatic carbocycles. The van der Waals surface area contributed by atoms with E-state index in [1.54, 1.807) is 0 Å². The van der Waals surface area contributed by atoms with Gasteiger partial charge in [-0.3, -0.25) is 4.79 Å². The van der Waals surface area contributed by atoms with Gasteiger partial charge in [0.25, 0.3) is 0 Å². The maximum Gasteiger partial charge on any atom is 0.320 e. The van der Waals surface area contributed by atoms with Crippen LogP contribution in [0.15, 0.2) is 30.5 Å². The third-order valence-corrected chi connectivity index (χ3v) is 2.43. The van der Waals surface area contributed by atoms with E-state index in [0.29, 0.717) is 6.42 Å². The number of H-pyrrole nitrogens is 1. The van der Waals surface area contributed by atoms with Crippen molar-refractivity contribution in [2.75, 3.05) is 0 Å². The van der Waals surface area contributed by atoms with Gasteiger partial charge in [0.15, 0.2) is 0 Å². The fourth-order valence-electron chi connectivity index (χ4n) is 1.62. The number of halogens is 1. The zero-order chi connectivity index (χ0) is 10.8. The molecule has 1 aromatic carbocycles. The highest BCUT2D eigenvalue weighted by Gasteiger charge is 2.14. The van der Waals surface area contributed by atoms with Crippen molar-refractivity contribution >= 4 is 33.9 Å². The number of rotatable bonds is 3. The van der Waals surface area contributed by atoms with Crippen molar-refractivity contribution in [2.45, 2.75) is 12.5 Å². The van der Waals surface area contributed by atoms with Crippen molar-refractivity contribution in [3.8, 4) is 0 Å². The number of carboxylic acid groups (broad SMARTS) is 1. The Hall–Kier alpha value is -1.33. The molecule has 0 saturated carbocycles. The van der Waals surface area contributed by atoms with Gasteiger partial charge >= 0.3 is 5.97 Å². The van der Waals surface area contributed by atoms with Gasteiger partial charge < -0.3 is 15.8 Å². The lowest BCUT2D eigenvalue weighted by Gasteiger charge is -2.04. The number of aromatic nitrogens is 1. The van der Waals surface area contributed by atoms with E-state index in [9.17, 15) is 4.79 Å². The summed E-state index contributed by atoms with van der Waals surface area (Å²) in [5.41, 5.74) is 7.43. The van der Waals surface area contributed by atoms with Crippen LogP contribution in [0.2, 0.25) is 0 Å². The average Bonchev–Trinajstić information content (AvgIpc) is 2.62. The van der Waals surface area contributed by atoms with Crippen LogP contribution in [0.5, 0.6) is 0 Å². The molecule has 0 saturated heterocycles. The van der Waals surface area contributed by atoms with Gasteiger partial charge in [0.05, 0.1) is 0 Å². The molecule has 2 rings (SSSR count). The fraction of sp³-hybridized carbons (Fsp3) is 0.182. The normalized spacial score (nSPS) is 12.1. The number of para-hydroxylation sites is 1. The highest BCUT2D eigenvalue weighted by atomic mass is 79.9. The highest BCUT2D eigenvalue weighted by Crippen LogP contribution is 2.18. The predicted octanol–water partition coefficient (Wildman–Crippen LogP) is 1.70. The molecule has 0 spiro atoms. The number of hydrogen-bond acceptors (Lipinski definition) is 2. The standard InChI is InChI=1S/C11H12N2O2.BrH/c12-9(11(14)15)5-7-6-13-10-4-2-1-3-8(7)10;/h1-4,6,9,13H,5,12H2,(H,14,15);1H. The van der Waals surface area contributed by atoms with Crippen molar-refractivity contribution in [3.05, 3.63) is 36.0 Å². The van der Waals surface area contributed by atoms with Crippen LogP contribution in [0.3, 0.4) is 0 Å². The second-order valence-electron chi connectivity index (χ2n) is 3.51. The van der Waals surface area contributed by atoms with Crippen LogP contribution >= 0.6 is 17.0 Å². The summed E-state index contributed by atoms with van der Waals surface area (Å²) in [6.07, 6.45) is 2.16. The van der Waals surface area contributed by atoms with E-state index in [1.165, 1.54) is 0 Å². The summed E-state index contributed by atoms with van der Waals surface area (Å²) in [5.74, 6) is -0.972. The van der Waals surface area contributed by atoms with Gasteiger partial charge in [-0.15, -0.1) is 17.0 Å². The molecule has 0 amide bonds. The summed E-state index contributed by atoms with van der Waals surface area (Å²) < 4.78 is 0. The number of nitrogens with two attached hydrogens (primary N) is 1. The molecule has 0 aliphatic rings. The van der Waals surface area contributed by atoms with Crippen LogP contribution in [0.1, 0.15) is 5.56 Å². The van der Waals surface area contributed by atoms with Crippen LogP contribution in [0.25, 0.3) is 10.9 Å². The second-order valence-corrected chi connectivity index (χ2v) is 3.51. The smallest absolute Gasteiger partial charge is 0.320 e. The molecule has 1 aromatic heterocycles. The third-order valence-electron chi connectivity index (χ3n) is 2.43. The van der Waals surface area contributed by atoms with Gasteiger partial charge in [-0.2, -0.15) is 0 Å². The lowest BCUT2D eigenvalue weighted by Crippen LogP contribution is -2.32. The zero-order valence-corrected chi connectivity index (χ0v) is 10.2. The van der Waals surface area contributed by atoms with Crippen LogP contribution in [-0.2, 0) is 11.2 Å². The maximum atomic E-state index is 10.6. The fourth-order valence-corrected chi connectivity index (χ4v) is 1.62. The first kappa shape index (κ1) is 12.7. The van der Waals surface area contributed by atoms with E-state index in [-0.39, 0.29) is 17.0 Å². The Morgan fingerprint density at radius 1 is 1.44 bits per heavy atom. The quantitative estimate of drug-likeness (QED) is 0.803. The lowest BCUT2D eigenvalue weighted by molar-refractivity contribution is -0.138. The molecule has 1 unspecified atom stereocenters. The first-order chi connectivity index (χ1) is 7.18. The summed E-state index contributed by atoms with van der Waals surface area (Å²) in [7, 11) is 0. The van der Waals surface area contributed by atoms with Crippen LogP contribution in [0.4, 0.5) is 0 Å². The molecule has 0 bridgehead atoms. The van der Waals surface area contributed by atoms with E-state index in [2.05, 4.69) is 4.98 Å². The van der Waals surface area contributed by atoms with Gasteiger partial charge in [0.1, 0.15) is 6.04 Å². The van der Waals surface area contributed by atoms with Crippen LogP contribution in [0, 0.1) is 0 Å². The number of fused-ring (bicyclic) bond motifs is 1. The minimum Gasteiger partial charge on any atom is -0.480 e. The summed E-state index contributed by atoms with van der Waals surface area (Å²) in [6.45, 7) is 0. The van der Waals surface area contributed by atoms with Crippen molar-refractivity contribution in [2.24, 2.45) is 5.73 Å². The Morgan fingerprint density at radius 2 is 2.12 bits per heavy atom. The molecule has 0 fully saturated rings. The van der Waals surface area contributed by atoms with Gasteiger partial charge in [-0.1, -0.05) is 18.2 Å². The molecule has 5 heteroatoms. The highest BCUT2D eigenvalue weighted by molar-refractivity contribution is 8.93. The molecule has 16 heavy (non-hydrogen) atoms. The molecule has 0 aliphatic heterocycles. The number of benzene rings is 1. The topological polar surface area (TPSA) is 79.1 Å². The minimum atomic E-state index is -0.972. The van der Waals surface area contributed by atoms with Gasteiger partial charge in [0.2, 0.25) is 0 Å². The monoisotopic (exact) mass is 284 g/mol. The largest absolute Gasteiger partial charge is 0.480 e. The maximum absolute atomic E-state index is 10.6. The van der Waals surface area contributed by atoms with Gasteiger partial charge in [0, 0.05) is 23.5 Å². The molecule has 4 nitrogen and oxygen atoms in total. The number of carbonyl (C=O) groups is 1. The molecular weight excluding hydrogens is 272 g/mol. The SMILES string of the molecule is Br.NC(Cc1c[nH]c2ccccc12)C(=O)O. The van der Waals surface area contributed by atoms with Crippen molar-refractivity contribution in [3.63, 3.8) is 0 Å². The van der Waals surface area contributed by atoms with Gasteiger partial charge in [-0.25, -0.2) is 0 Å². The molecule has 2 aromatic rings. The predicted molar refractivity (Wildman–Crippen MR) is 67.9 cm³/mol. The molecule has 1 heterocycles. The first-order valence-corrected chi connectivity index (χ1v) is 4.72. The lowest BCUT2D eigenvalue weighted by atomic mass is 10.1. The second kappa shape index (κ2) is 5.14. The van der Waals surface area contributed by atoms with E-state index >= 15 is 0 Å². The molecule has 1 atom stereocenters. The number of hydrogen-bond donors (Lipinski definition) is 3. The Kier molecular flexibility index (Phi) is 4.09. The van der Waals surface area contributed by atoms with Crippen LogP contribution < -0.4 is 5.73 Å². The zero-order valence-electron chi connectivity index (χ0n) is 8.51. The van der Waals surface area contributed by atoms with Crippen molar-refractivity contribution in [1.29, 1.82) is 0 Å². The Balaban J connectivity index is 0.00000128. The molecular formula is C11H13BrN2O2. The molecule has 86 valence electrons. The average molecular weight is 285 g/mol. The van der Waals surface area contributed by atoms with E-state index in [0.717, 1.165) is 16.5 Å². The van der Waals surface area contributed by atoms with E-state index in [1.807, 2.05) is 30.5 Å². The van der Waals surface area contributed by atoms with Crippen LogP contribution in [-0.4, -0.2) is 22.1 Å². The first-order valence-electron chi connectivity index (χ1n) is 4.72. The van der Waals surface area contributed by atoms with Gasteiger partial charge in [-0.05, 0) is 11.6 Å². The van der Waals surface area contributed by atoms with E-state index in [4.69, 9.17) is 10.8 Å². The summed E-state index contributed by atoms with van der Waals surface area (Å²) in [5, 5.41) is 9.75. The van der Waals surface area contributed by atoms with Crippen molar-refractivity contribution in [1.82, 2.24) is 4.98 Å². The summed E-state index contributed by atoms with van der Waals surface area (Å²) in [6, 6.07) is 6.91. The summed E-state index contributed by atoms with van der Waals surface area (Å²) >= 11 is 0. The Bertz CT molecular complexity index is 495.